The van der Waals surface area contributed by atoms with Crippen LogP contribution in [0.5, 0.6) is 0 Å². The van der Waals surface area contributed by atoms with Crippen LogP contribution in [0.3, 0.4) is 0 Å². The smallest absolute Gasteiger partial charge is 0.273 e. The highest BCUT2D eigenvalue weighted by atomic mass is 35.5. The second-order valence-corrected chi connectivity index (χ2v) is 6.33. The largest absolute Gasteiger partial charge is 0.466 e. The number of hydrogen-bond donors (Lipinski definition) is 2. The van der Waals surface area contributed by atoms with Crippen LogP contribution >= 0.6 is 11.6 Å². The SMILES string of the molecule is Cc1cc(C(=O)NNC(=O)CCc2ncc(-c3ccccc3Cl)o2)c(C)o1. The first-order chi connectivity index (χ1) is 12.9. The zero-order valence-electron chi connectivity index (χ0n) is 14.8. The van der Waals surface area contributed by atoms with E-state index in [9.17, 15) is 9.59 Å². The van der Waals surface area contributed by atoms with Crippen LogP contribution in [0.25, 0.3) is 11.3 Å². The van der Waals surface area contributed by atoms with Crippen LogP contribution in [0.15, 0.2) is 45.4 Å². The number of furan rings is 1. The second-order valence-electron chi connectivity index (χ2n) is 5.93. The van der Waals surface area contributed by atoms with Gasteiger partial charge in [-0.2, -0.15) is 0 Å². The van der Waals surface area contributed by atoms with Crippen LogP contribution in [0, 0.1) is 13.8 Å². The molecular formula is C19H18ClN3O4. The van der Waals surface area contributed by atoms with Crippen LogP contribution in [0.2, 0.25) is 5.02 Å². The number of rotatable bonds is 5. The molecule has 2 heterocycles. The molecule has 0 aliphatic heterocycles. The third-order valence-corrected chi connectivity index (χ3v) is 4.19. The summed E-state index contributed by atoms with van der Waals surface area (Å²) >= 11 is 6.13. The number of nitrogens with zero attached hydrogens (tertiary/aromatic N) is 1. The number of aryl methyl sites for hydroxylation is 3. The highest BCUT2D eigenvalue weighted by molar-refractivity contribution is 6.33. The highest BCUT2D eigenvalue weighted by Crippen LogP contribution is 2.28. The number of carbonyl (C=O) groups is 2. The van der Waals surface area contributed by atoms with Gasteiger partial charge in [0.25, 0.3) is 5.91 Å². The average molecular weight is 388 g/mol. The second kappa shape index (κ2) is 8.09. The molecule has 0 spiro atoms. The van der Waals surface area contributed by atoms with E-state index in [4.69, 9.17) is 20.4 Å². The molecule has 1 aromatic carbocycles. The first-order valence-corrected chi connectivity index (χ1v) is 8.67. The first kappa shape index (κ1) is 18.7. The minimum absolute atomic E-state index is 0.103. The summed E-state index contributed by atoms with van der Waals surface area (Å²) in [6.45, 7) is 3.43. The lowest BCUT2D eigenvalue weighted by Gasteiger charge is -2.06. The number of hydrogen-bond acceptors (Lipinski definition) is 5. The molecule has 0 fully saturated rings. The quantitative estimate of drug-likeness (QED) is 0.652. The summed E-state index contributed by atoms with van der Waals surface area (Å²) in [5, 5.41) is 0.561. The lowest BCUT2D eigenvalue weighted by molar-refractivity contribution is -0.121. The summed E-state index contributed by atoms with van der Waals surface area (Å²) in [5.41, 5.74) is 5.84. The van der Waals surface area contributed by atoms with Crippen molar-refractivity contribution in [1.82, 2.24) is 15.8 Å². The molecule has 3 aromatic rings. The Bertz CT molecular complexity index is 977. The number of oxazole rings is 1. The van der Waals surface area contributed by atoms with Crippen LogP contribution in [-0.2, 0) is 11.2 Å². The van der Waals surface area contributed by atoms with E-state index in [0.29, 0.717) is 33.8 Å². The van der Waals surface area contributed by atoms with Crippen molar-refractivity contribution in [1.29, 1.82) is 0 Å². The number of hydrazine groups is 1. The molecule has 0 bridgehead atoms. The van der Waals surface area contributed by atoms with Gasteiger partial charge in [0.2, 0.25) is 5.91 Å². The summed E-state index contributed by atoms with van der Waals surface area (Å²) in [6.07, 6.45) is 1.96. The van der Waals surface area contributed by atoms with Gasteiger partial charge in [0.15, 0.2) is 11.7 Å². The summed E-state index contributed by atoms with van der Waals surface area (Å²) in [6, 6.07) is 8.88. The molecule has 0 aliphatic rings. The van der Waals surface area contributed by atoms with E-state index < -0.39 is 5.91 Å². The van der Waals surface area contributed by atoms with Gasteiger partial charge < -0.3 is 8.83 Å². The first-order valence-electron chi connectivity index (χ1n) is 8.30. The Morgan fingerprint density at radius 2 is 1.93 bits per heavy atom. The maximum absolute atomic E-state index is 12.0. The fraction of sp³-hybridized carbons (Fsp3) is 0.211. The van der Waals surface area contributed by atoms with E-state index in [1.165, 1.54) is 0 Å². The zero-order valence-corrected chi connectivity index (χ0v) is 15.6. The fourth-order valence-electron chi connectivity index (χ4n) is 2.54. The van der Waals surface area contributed by atoms with Crippen LogP contribution < -0.4 is 10.9 Å². The molecule has 2 amide bonds. The molecule has 3 rings (SSSR count). The topological polar surface area (TPSA) is 97.4 Å². The van der Waals surface area contributed by atoms with Crippen molar-refractivity contribution in [3.05, 3.63) is 64.5 Å². The third kappa shape index (κ3) is 4.57. The van der Waals surface area contributed by atoms with Gasteiger partial charge in [-0.1, -0.05) is 23.7 Å². The minimum atomic E-state index is -0.435. The standard InChI is InChI=1S/C19H18ClN3O4/c1-11-9-14(12(2)26-11)19(25)23-22-17(24)7-8-18-21-10-16(27-18)13-5-3-4-6-15(13)20/h3-6,9-10H,7-8H2,1-2H3,(H,22,24)(H,23,25). The molecule has 0 aliphatic carbocycles. The number of amides is 2. The molecule has 8 heteroatoms. The number of benzene rings is 1. The monoisotopic (exact) mass is 387 g/mol. The number of halogens is 1. The van der Waals surface area contributed by atoms with E-state index in [-0.39, 0.29) is 18.7 Å². The van der Waals surface area contributed by atoms with E-state index in [1.807, 2.05) is 18.2 Å². The van der Waals surface area contributed by atoms with Gasteiger partial charge in [-0.25, -0.2) is 4.98 Å². The van der Waals surface area contributed by atoms with Crippen molar-refractivity contribution in [2.24, 2.45) is 0 Å². The molecule has 2 N–H and O–H groups in total. The van der Waals surface area contributed by atoms with Crippen molar-refractivity contribution in [2.45, 2.75) is 26.7 Å². The lowest BCUT2D eigenvalue weighted by Crippen LogP contribution is -2.41. The maximum atomic E-state index is 12.0. The zero-order chi connectivity index (χ0) is 19.4. The average Bonchev–Trinajstić information content (AvgIpc) is 3.24. The Balaban J connectivity index is 1.50. The molecule has 0 radical (unpaired) electrons. The maximum Gasteiger partial charge on any atom is 0.273 e. The summed E-state index contributed by atoms with van der Waals surface area (Å²) in [5.74, 6) is 1.27. The molecule has 140 valence electrons. The van der Waals surface area contributed by atoms with Crippen LogP contribution in [0.1, 0.15) is 34.2 Å². The van der Waals surface area contributed by atoms with Gasteiger partial charge in [-0.3, -0.25) is 20.4 Å². The summed E-state index contributed by atoms with van der Waals surface area (Å²) in [4.78, 5) is 28.1. The third-order valence-electron chi connectivity index (χ3n) is 3.86. The molecule has 2 aromatic heterocycles. The van der Waals surface area contributed by atoms with Gasteiger partial charge >= 0.3 is 0 Å². The predicted octanol–water partition coefficient (Wildman–Crippen LogP) is 3.60. The number of aromatic nitrogens is 1. The Morgan fingerprint density at radius 3 is 2.63 bits per heavy atom. The Hall–Kier alpha value is -3.06. The van der Waals surface area contributed by atoms with Gasteiger partial charge in [-0.05, 0) is 32.0 Å². The Labute approximate surface area is 160 Å². The van der Waals surface area contributed by atoms with Gasteiger partial charge in [-0.15, -0.1) is 0 Å². The van der Waals surface area contributed by atoms with Crippen molar-refractivity contribution in [2.75, 3.05) is 0 Å². The molecule has 27 heavy (non-hydrogen) atoms. The van der Waals surface area contributed by atoms with E-state index in [2.05, 4.69) is 15.8 Å². The fourth-order valence-corrected chi connectivity index (χ4v) is 2.77. The van der Waals surface area contributed by atoms with Gasteiger partial charge in [0.1, 0.15) is 11.5 Å². The van der Waals surface area contributed by atoms with Crippen molar-refractivity contribution in [3.8, 4) is 11.3 Å². The highest BCUT2D eigenvalue weighted by Gasteiger charge is 2.15. The molecule has 0 atom stereocenters. The van der Waals surface area contributed by atoms with Crippen molar-refractivity contribution < 1.29 is 18.4 Å². The van der Waals surface area contributed by atoms with E-state index in [1.54, 1.807) is 32.2 Å². The minimum Gasteiger partial charge on any atom is -0.466 e. The molecule has 7 nitrogen and oxygen atoms in total. The molecule has 0 unspecified atom stereocenters. The van der Waals surface area contributed by atoms with Crippen molar-refractivity contribution >= 4 is 23.4 Å². The summed E-state index contributed by atoms with van der Waals surface area (Å²) in [7, 11) is 0. The molecule has 0 saturated carbocycles. The Morgan fingerprint density at radius 1 is 1.15 bits per heavy atom. The number of carbonyl (C=O) groups excluding carboxylic acids is 2. The van der Waals surface area contributed by atoms with Crippen molar-refractivity contribution in [3.63, 3.8) is 0 Å². The van der Waals surface area contributed by atoms with E-state index >= 15 is 0 Å². The molecular weight excluding hydrogens is 370 g/mol. The van der Waals surface area contributed by atoms with Gasteiger partial charge in [0, 0.05) is 18.4 Å². The van der Waals surface area contributed by atoms with E-state index in [0.717, 1.165) is 5.56 Å². The Kier molecular flexibility index (Phi) is 5.61. The van der Waals surface area contributed by atoms with Crippen LogP contribution in [-0.4, -0.2) is 16.8 Å². The molecule has 0 saturated heterocycles. The number of nitrogens with one attached hydrogen (secondary N) is 2. The summed E-state index contributed by atoms with van der Waals surface area (Å²) < 4.78 is 10.9. The van der Waals surface area contributed by atoms with Gasteiger partial charge in [0.05, 0.1) is 16.8 Å². The predicted molar refractivity (Wildman–Crippen MR) is 99.1 cm³/mol. The lowest BCUT2D eigenvalue weighted by atomic mass is 10.2. The van der Waals surface area contributed by atoms with Crippen LogP contribution in [0.4, 0.5) is 0 Å². The normalized spacial score (nSPS) is 10.6.